The Morgan fingerprint density at radius 2 is 1.50 bits per heavy atom. The van der Waals surface area contributed by atoms with Crippen molar-refractivity contribution >= 4 is 0 Å². The first-order valence-corrected chi connectivity index (χ1v) is 11.7. The smallest absolute Gasteiger partial charge is 0.164 e. The van der Waals surface area contributed by atoms with Crippen LogP contribution in [0.1, 0.15) is 108 Å². The van der Waals surface area contributed by atoms with Crippen LogP contribution in [0.25, 0.3) is 0 Å². The van der Waals surface area contributed by atoms with Crippen LogP contribution in [0.5, 0.6) is 11.5 Å². The number of allylic oxidation sites excluding steroid dienone is 1. The normalized spacial score (nSPS) is 12.0. The fraction of sp³-hybridized carbons (Fsp3) is 0.692. The molecule has 0 aromatic heterocycles. The lowest BCUT2D eigenvalue weighted by atomic mass is 9.84. The molecular formula is C26H44O2. The van der Waals surface area contributed by atoms with E-state index in [-0.39, 0.29) is 0 Å². The van der Waals surface area contributed by atoms with Crippen LogP contribution in [0.2, 0.25) is 0 Å². The van der Waals surface area contributed by atoms with Crippen LogP contribution < -0.4 is 9.47 Å². The molecule has 0 saturated heterocycles. The number of rotatable bonds is 16. The number of benzene rings is 1. The van der Waals surface area contributed by atoms with Gasteiger partial charge >= 0.3 is 0 Å². The van der Waals surface area contributed by atoms with Gasteiger partial charge < -0.3 is 9.47 Å². The van der Waals surface area contributed by atoms with E-state index >= 15 is 0 Å². The summed E-state index contributed by atoms with van der Waals surface area (Å²) < 4.78 is 12.2. The molecule has 1 aromatic rings. The zero-order chi connectivity index (χ0) is 20.8. The van der Waals surface area contributed by atoms with Gasteiger partial charge in [0, 0.05) is 11.5 Å². The van der Waals surface area contributed by atoms with Crippen LogP contribution in [0.3, 0.4) is 0 Å². The maximum atomic E-state index is 6.32. The Hall–Kier alpha value is -1.44. The summed E-state index contributed by atoms with van der Waals surface area (Å²) in [5.41, 5.74) is 4.32. The van der Waals surface area contributed by atoms with E-state index in [1.807, 2.05) is 0 Å². The highest BCUT2D eigenvalue weighted by Crippen LogP contribution is 2.42. The molecule has 1 aromatic carbocycles. The topological polar surface area (TPSA) is 18.5 Å². The first-order chi connectivity index (χ1) is 13.7. The number of hydrogen-bond acceptors (Lipinski definition) is 2. The van der Waals surface area contributed by atoms with Gasteiger partial charge in [0.25, 0.3) is 0 Å². The van der Waals surface area contributed by atoms with Gasteiger partial charge in [-0.15, -0.1) is 6.58 Å². The lowest BCUT2D eigenvalue weighted by Gasteiger charge is -2.25. The monoisotopic (exact) mass is 388 g/mol. The average molecular weight is 389 g/mol. The van der Waals surface area contributed by atoms with Crippen LogP contribution in [-0.2, 0) is 12.8 Å². The maximum absolute atomic E-state index is 6.32. The molecule has 1 atom stereocenters. The summed E-state index contributed by atoms with van der Waals surface area (Å²) in [5.74, 6) is 2.30. The zero-order valence-electron chi connectivity index (χ0n) is 19.2. The van der Waals surface area contributed by atoms with Gasteiger partial charge in [-0.2, -0.15) is 0 Å². The molecule has 0 aliphatic heterocycles. The Bertz CT molecular complexity index is 562. The average Bonchev–Trinajstić information content (AvgIpc) is 2.72. The largest absolute Gasteiger partial charge is 0.493 e. The highest BCUT2D eigenvalue weighted by atomic mass is 16.5. The SMILES string of the molecule is C=CC(CCCC)c1cc(OC)c(OCCCC)c(CCCC)c1CCCC. The van der Waals surface area contributed by atoms with Gasteiger partial charge in [0.2, 0.25) is 0 Å². The number of methoxy groups -OCH3 is 1. The Morgan fingerprint density at radius 3 is 2.04 bits per heavy atom. The maximum Gasteiger partial charge on any atom is 0.164 e. The number of ether oxygens (including phenoxy) is 2. The summed E-state index contributed by atoms with van der Waals surface area (Å²) in [6.07, 6.45) is 14.9. The summed E-state index contributed by atoms with van der Waals surface area (Å²) in [5, 5.41) is 0. The van der Waals surface area contributed by atoms with Gasteiger partial charge in [0.1, 0.15) is 0 Å². The van der Waals surface area contributed by atoms with E-state index < -0.39 is 0 Å². The number of hydrogen-bond donors (Lipinski definition) is 0. The molecule has 28 heavy (non-hydrogen) atoms. The van der Waals surface area contributed by atoms with E-state index in [1.54, 1.807) is 7.11 Å². The van der Waals surface area contributed by atoms with Crippen LogP contribution in [0, 0.1) is 0 Å². The molecule has 0 saturated carbocycles. The molecule has 0 aliphatic carbocycles. The number of unbranched alkanes of at least 4 members (excludes halogenated alkanes) is 4. The first-order valence-electron chi connectivity index (χ1n) is 11.7. The molecule has 2 heteroatoms. The molecule has 0 radical (unpaired) electrons. The van der Waals surface area contributed by atoms with E-state index in [0.29, 0.717) is 5.92 Å². The lowest BCUT2D eigenvalue weighted by molar-refractivity contribution is 0.284. The highest BCUT2D eigenvalue weighted by Gasteiger charge is 2.23. The Morgan fingerprint density at radius 1 is 0.893 bits per heavy atom. The third-order valence-corrected chi connectivity index (χ3v) is 5.57. The van der Waals surface area contributed by atoms with E-state index in [0.717, 1.165) is 50.2 Å². The molecule has 0 heterocycles. The molecule has 0 spiro atoms. The molecule has 0 amide bonds. The summed E-state index contributed by atoms with van der Waals surface area (Å²) >= 11 is 0. The predicted molar refractivity (Wildman–Crippen MR) is 123 cm³/mol. The van der Waals surface area contributed by atoms with Crippen molar-refractivity contribution in [1.82, 2.24) is 0 Å². The second-order valence-electron chi connectivity index (χ2n) is 7.85. The quantitative estimate of drug-likeness (QED) is 0.211. The molecule has 0 fully saturated rings. The molecule has 0 N–H and O–H groups in total. The summed E-state index contributed by atoms with van der Waals surface area (Å²) in [4.78, 5) is 0. The van der Waals surface area contributed by atoms with Gasteiger partial charge in [-0.1, -0.05) is 65.9 Å². The van der Waals surface area contributed by atoms with Crippen molar-refractivity contribution in [3.8, 4) is 11.5 Å². The van der Waals surface area contributed by atoms with Gasteiger partial charge in [-0.3, -0.25) is 0 Å². The molecule has 0 aliphatic rings. The predicted octanol–water partition coefficient (Wildman–Crippen LogP) is 8.02. The van der Waals surface area contributed by atoms with Crippen molar-refractivity contribution in [2.75, 3.05) is 13.7 Å². The molecule has 0 bridgehead atoms. The van der Waals surface area contributed by atoms with Crippen LogP contribution in [-0.4, -0.2) is 13.7 Å². The fourth-order valence-electron chi connectivity index (χ4n) is 3.80. The first kappa shape index (κ1) is 24.6. The molecule has 1 rings (SSSR count). The zero-order valence-corrected chi connectivity index (χ0v) is 19.2. The van der Waals surface area contributed by atoms with Crippen molar-refractivity contribution in [1.29, 1.82) is 0 Å². The molecular weight excluding hydrogens is 344 g/mol. The summed E-state index contributed by atoms with van der Waals surface area (Å²) in [7, 11) is 1.77. The van der Waals surface area contributed by atoms with Gasteiger partial charge in [-0.05, 0) is 55.7 Å². The van der Waals surface area contributed by atoms with Crippen LogP contribution in [0.15, 0.2) is 18.7 Å². The van der Waals surface area contributed by atoms with Gasteiger partial charge in [0.05, 0.1) is 13.7 Å². The minimum atomic E-state index is 0.394. The van der Waals surface area contributed by atoms with Gasteiger partial charge in [0.15, 0.2) is 11.5 Å². The standard InChI is InChI=1S/C26H44O2/c1-7-12-16-21(11-5)24-20-25(27-6)26(28-19-15-10-4)23(18-14-9-3)22(24)17-13-8-2/h11,20-21H,5,7-10,12-19H2,1-4,6H3. The molecule has 1 unspecified atom stereocenters. The van der Waals surface area contributed by atoms with E-state index in [2.05, 4.69) is 46.4 Å². The van der Waals surface area contributed by atoms with Crippen LogP contribution >= 0.6 is 0 Å². The van der Waals surface area contributed by atoms with Crippen molar-refractivity contribution < 1.29 is 9.47 Å². The van der Waals surface area contributed by atoms with Crippen molar-refractivity contribution in [3.05, 3.63) is 35.4 Å². The van der Waals surface area contributed by atoms with E-state index in [4.69, 9.17) is 9.47 Å². The third-order valence-electron chi connectivity index (χ3n) is 5.57. The molecule has 160 valence electrons. The van der Waals surface area contributed by atoms with Crippen LogP contribution in [0.4, 0.5) is 0 Å². The highest BCUT2D eigenvalue weighted by molar-refractivity contribution is 5.56. The Kier molecular flexibility index (Phi) is 12.8. The van der Waals surface area contributed by atoms with E-state index in [1.165, 1.54) is 55.2 Å². The van der Waals surface area contributed by atoms with Crippen molar-refractivity contribution in [2.24, 2.45) is 0 Å². The summed E-state index contributed by atoms with van der Waals surface area (Å²) in [6, 6.07) is 2.25. The lowest BCUT2D eigenvalue weighted by Crippen LogP contribution is -2.10. The second kappa shape index (κ2) is 14.5. The molecule has 2 nitrogen and oxygen atoms in total. The van der Waals surface area contributed by atoms with Gasteiger partial charge in [-0.25, -0.2) is 0 Å². The van der Waals surface area contributed by atoms with Crippen molar-refractivity contribution in [2.45, 2.75) is 104 Å². The Labute approximate surface area is 174 Å². The second-order valence-corrected chi connectivity index (χ2v) is 7.85. The fourth-order valence-corrected chi connectivity index (χ4v) is 3.80. The Balaban J connectivity index is 3.51. The minimum absolute atomic E-state index is 0.394. The summed E-state index contributed by atoms with van der Waals surface area (Å²) in [6.45, 7) is 13.9. The third kappa shape index (κ3) is 7.18. The minimum Gasteiger partial charge on any atom is -0.493 e. The van der Waals surface area contributed by atoms with E-state index in [9.17, 15) is 0 Å². The van der Waals surface area contributed by atoms with Crippen molar-refractivity contribution in [3.63, 3.8) is 0 Å².